The molecule has 4 aromatic carbocycles. The van der Waals surface area contributed by atoms with E-state index in [1.165, 1.54) is 26.0 Å². The SMILES string of the molecule is COc1ccc(/C=C(\NC(=O)c2ccccc2)C(=O)Nc2ccc(SCC(=O)c3ccccc3OC)cc2)c(OC)c1. The third kappa shape index (κ3) is 7.80. The number of methoxy groups -OCH3 is 3. The Kier molecular flexibility index (Phi) is 10.4. The Balaban J connectivity index is 1.50. The molecule has 9 heteroatoms. The number of thioether (sulfide) groups is 1. The average Bonchev–Trinajstić information content (AvgIpc) is 3.04. The summed E-state index contributed by atoms with van der Waals surface area (Å²) >= 11 is 1.38. The quantitative estimate of drug-likeness (QED) is 0.118. The third-order valence-electron chi connectivity index (χ3n) is 6.16. The van der Waals surface area contributed by atoms with E-state index in [-0.39, 0.29) is 17.2 Å². The second-order valence-corrected chi connectivity index (χ2v) is 9.93. The molecule has 4 rings (SSSR count). The number of anilines is 1. The summed E-state index contributed by atoms with van der Waals surface area (Å²) in [4.78, 5) is 39.9. The molecule has 2 amide bonds. The standard InChI is InChI=1S/C33H30N2O6S/c1-39-25-16-13-23(31(20-25)41-3)19-28(35-32(37)22-9-5-4-6-10-22)33(38)34-24-14-17-26(18-15-24)42-21-29(36)27-11-7-8-12-30(27)40-2/h4-20H,21H2,1-3H3,(H,34,38)(H,35,37)/b28-19-. The van der Waals surface area contributed by atoms with Crippen LogP contribution in [0, 0.1) is 0 Å². The van der Waals surface area contributed by atoms with Gasteiger partial charge in [-0.3, -0.25) is 14.4 Å². The second-order valence-electron chi connectivity index (χ2n) is 8.88. The minimum Gasteiger partial charge on any atom is -0.497 e. The Bertz CT molecular complexity index is 1590. The van der Waals surface area contributed by atoms with E-state index in [9.17, 15) is 14.4 Å². The van der Waals surface area contributed by atoms with E-state index < -0.39 is 11.8 Å². The van der Waals surface area contributed by atoms with Crippen LogP contribution in [0.4, 0.5) is 5.69 Å². The van der Waals surface area contributed by atoms with Crippen LogP contribution in [0.1, 0.15) is 26.3 Å². The maximum absolute atomic E-state index is 13.4. The highest BCUT2D eigenvalue weighted by Gasteiger charge is 2.17. The highest BCUT2D eigenvalue weighted by Crippen LogP contribution is 2.27. The van der Waals surface area contributed by atoms with Crippen LogP contribution in [-0.4, -0.2) is 44.7 Å². The van der Waals surface area contributed by atoms with Crippen LogP contribution in [-0.2, 0) is 4.79 Å². The van der Waals surface area contributed by atoms with Gasteiger partial charge < -0.3 is 24.8 Å². The van der Waals surface area contributed by atoms with E-state index in [1.54, 1.807) is 92.0 Å². The van der Waals surface area contributed by atoms with Crippen LogP contribution in [0.3, 0.4) is 0 Å². The Morgan fingerprint density at radius 3 is 2.14 bits per heavy atom. The van der Waals surface area contributed by atoms with Gasteiger partial charge in [-0.05, 0) is 66.7 Å². The van der Waals surface area contributed by atoms with Crippen molar-refractivity contribution in [2.45, 2.75) is 4.90 Å². The minimum atomic E-state index is -0.524. The van der Waals surface area contributed by atoms with E-state index in [0.29, 0.717) is 39.6 Å². The zero-order chi connectivity index (χ0) is 29.9. The number of amides is 2. The Morgan fingerprint density at radius 2 is 1.45 bits per heavy atom. The molecule has 0 aliphatic rings. The summed E-state index contributed by atoms with van der Waals surface area (Å²) in [7, 11) is 4.59. The first-order chi connectivity index (χ1) is 20.4. The van der Waals surface area contributed by atoms with Gasteiger partial charge in [0, 0.05) is 27.8 Å². The Labute approximate surface area is 248 Å². The molecule has 2 N–H and O–H groups in total. The lowest BCUT2D eigenvalue weighted by Gasteiger charge is -2.13. The molecule has 0 aliphatic heterocycles. The summed E-state index contributed by atoms with van der Waals surface area (Å²) in [6.07, 6.45) is 1.54. The van der Waals surface area contributed by atoms with Gasteiger partial charge in [-0.1, -0.05) is 30.3 Å². The fourth-order valence-corrected chi connectivity index (χ4v) is 4.75. The van der Waals surface area contributed by atoms with Gasteiger partial charge in [0.25, 0.3) is 11.8 Å². The number of hydrogen-bond acceptors (Lipinski definition) is 7. The first-order valence-electron chi connectivity index (χ1n) is 12.9. The number of Topliss-reactive ketones (excluding diaryl/α,β-unsaturated/α-hetero) is 1. The van der Waals surface area contributed by atoms with Crippen molar-refractivity contribution in [2.75, 3.05) is 32.4 Å². The molecule has 0 spiro atoms. The molecule has 0 saturated carbocycles. The van der Waals surface area contributed by atoms with E-state index in [4.69, 9.17) is 14.2 Å². The van der Waals surface area contributed by atoms with Gasteiger partial charge in [-0.15, -0.1) is 11.8 Å². The smallest absolute Gasteiger partial charge is 0.272 e. The number of carbonyl (C=O) groups excluding carboxylic acids is 3. The van der Waals surface area contributed by atoms with Crippen molar-refractivity contribution in [3.63, 3.8) is 0 Å². The van der Waals surface area contributed by atoms with Gasteiger partial charge in [0.2, 0.25) is 0 Å². The average molecular weight is 583 g/mol. The van der Waals surface area contributed by atoms with Crippen LogP contribution in [0.25, 0.3) is 6.08 Å². The molecule has 0 heterocycles. The summed E-state index contributed by atoms with van der Waals surface area (Å²) in [6.45, 7) is 0. The third-order valence-corrected chi connectivity index (χ3v) is 7.17. The molecule has 8 nitrogen and oxygen atoms in total. The lowest BCUT2D eigenvalue weighted by atomic mass is 10.1. The van der Waals surface area contributed by atoms with Gasteiger partial charge in [0.05, 0.1) is 32.6 Å². The lowest BCUT2D eigenvalue weighted by molar-refractivity contribution is -0.113. The van der Waals surface area contributed by atoms with E-state index >= 15 is 0 Å². The maximum Gasteiger partial charge on any atom is 0.272 e. The summed E-state index contributed by atoms with van der Waals surface area (Å²) < 4.78 is 16.0. The first kappa shape index (κ1) is 30.0. The predicted molar refractivity (Wildman–Crippen MR) is 165 cm³/mol. The second kappa shape index (κ2) is 14.6. The Hall–Kier alpha value is -5.02. The number of carbonyl (C=O) groups is 3. The van der Waals surface area contributed by atoms with Crippen LogP contribution >= 0.6 is 11.8 Å². The maximum atomic E-state index is 13.4. The predicted octanol–water partition coefficient (Wildman–Crippen LogP) is 6.10. The van der Waals surface area contributed by atoms with Gasteiger partial charge in [0.15, 0.2) is 5.78 Å². The van der Waals surface area contributed by atoms with Crippen molar-refractivity contribution < 1.29 is 28.6 Å². The topological polar surface area (TPSA) is 103 Å². The summed E-state index contributed by atoms with van der Waals surface area (Å²) in [5.74, 6) is 0.821. The Morgan fingerprint density at radius 1 is 0.762 bits per heavy atom. The zero-order valence-electron chi connectivity index (χ0n) is 23.4. The lowest BCUT2D eigenvalue weighted by Crippen LogP contribution is -2.30. The molecular weight excluding hydrogens is 552 g/mol. The molecule has 0 unspecified atom stereocenters. The minimum absolute atomic E-state index is 0.0215. The van der Waals surface area contributed by atoms with Gasteiger partial charge >= 0.3 is 0 Å². The van der Waals surface area contributed by atoms with Gasteiger partial charge in [-0.2, -0.15) is 0 Å². The fourth-order valence-electron chi connectivity index (χ4n) is 3.97. The molecule has 42 heavy (non-hydrogen) atoms. The number of hydrogen-bond donors (Lipinski definition) is 2. The number of rotatable bonds is 12. The fraction of sp³-hybridized carbons (Fsp3) is 0.121. The molecule has 0 atom stereocenters. The number of ketones is 1. The van der Waals surface area contributed by atoms with Crippen molar-refractivity contribution in [3.8, 4) is 17.2 Å². The first-order valence-corrected chi connectivity index (χ1v) is 13.9. The largest absolute Gasteiger partial charge is 0.497 e. The van der Waals surface area contributed by atoms with E-state index in [2.05, 4.69) is 10.6 Å². The molecule has 0 saturated heterocycles. The molecule has 0 fully saturated rings. The number of ether oxygens (including phenoxy) is 3. The number of nitrogens with one attached hydrogen (secondary N) is 2. The number of para-hydroxylation sites is 1. The van der Waals surface area contributed by atoms with Crippen molar-refractivity contribution in [2.24, 2.45) is 0 Å². The molecular formula is C33H30N2O6S. The van der Waals surface area contributed by atoms with Crippen LogP contribution in [0.15, 0.2) is 108 Å². The number of benzene rings is 4. The van der Waals surface area contributed by atoms with Crippen molar-refractivity contribution in [1.29, 1.82) is 0 Å². The summed E-state index contributed by atoms with van der Waals surface area (Å²) in [6, 6.07) is 28.0. The molecule has 214 valence electrons. The van der Waals surface area contributed by atoms with Crippen LogP contribution in [0.5, 0.6) is 17.2 Å². The van der Waals surface area contributed by atoms with Gasteiger partial charge in [0.1, 0.15) is 22.9 Å². The normalized spacial score (nSPS) is 10.9. The van der Waals surface area contributed by atoms with Crippen molar-refractivity contribution in [1.82, 2.24) is 5.32 Å². The van der Waals surface area contributed by atoms with Crippen molar-refractivity contribution >= 4 is 41.1 Å². The highest BCUT2D eigenvalue weighted by molar-refractivity contribution is 8.00. The van der Waals surface area contributed by atoms with Gasteiger partial charge in [-0.25, -0.2) is 0 Å². The van der Waals surface area contributed by atoms with Crippen molar-refractivity contribution in [3.05, 3.63) is 119 Å². The van der Waals surface area contributed by atoms with E-state index in [1.807, 2.05) is 18.2 Å². The van der Waals surface area contributed by atoms with Crippen LogP contribution < -0.4 is 24.8 Å². The molecule has 0 bridgehead atoms. The summed E-state index contributed by atoms with van der Waals surface area (Å²) in [5, 5.41) is 5.55. The van der Waals surface area contributed by atoms with E-state index in [0.717, 1.165) is 4.90 Å². The zero-order valence-corrected chi connectivity index (χ0v) is 24.2. The highest BCUT2D eigenvalue weighted by atomic mass is 32.2. The molecule has 0 aliphatic carbocycles. The monoisotopic (exact) mass is 582 g/mol. The molecule has 0 aromatic heterocycles. The summed E-state index contributed by atoms with van der Waals surface area (Å²) in [5.41, 5.74) is 2.04. The molecule has 4 aromatic rings. The molecule has 0 radical (unpaired) electrons. The van der Waals surface area contributed by atoms with Crippen LogP contribution in [0.2, 0.25) is 0 Å².